The minimum atomic E-state index is -0.442. The first kappa shape index (κ1) is 13.0. The summed E-state index contributed by atoms with van der Waals surface area (Å²) in [5.41, 5.74) is 0. The van der Waals surface area contributed by atoms with Crippen molar-refractivity contribution in [1.82, 2.24) is 0 Å². The van der Waals surface area contributed by atoms with Gasteiger partial charge in [0.15, 0.2) is 0 Å². The summed E-state index contributed by atoms with van der Waals surface area (Å²) < 4.78 is 1.67. The van der Waals surface area contributed by atoms with E-state index in [1.807, 2.05) is 5.41 Å². The van der Waals surface area contributed by atoms with E-state index < -0.39 is 4.92 Å². The maximum absolute atomic E-state index is 11.7. The van der Waals surface area contributed by atoms with Gasteiger partial charge in [0, 0.05) is 6.42 Å². The molecule has 92 valence electrons. The van der Waals surface area contributed by atoms with Crippen LogP contribution in [0.3, 0.4) is 0 Å². The van der Waals surface area contributed by atoms with Crippen LogP contribution in [0, 0.1) is 10.1 Å². The molecule has 2 aliphatic rings. The molecule has 1 saturated carbocycles. The predicted molar refractivity (Wildman–Crippen MR) is 73.2 cm³/mol. The van der Waals surface area contributed by atoms with E-state index in [1.165, 1.54) is 23.5 Å². The number of nitro groups is 1. The average Bonchev–Trinajstić information content (AvgIpc) is 2.68. The molecule has 0 amide bonds. The van der Waals surface area contributed by atoms with Gasteiger partial charge in [-0.15, -0.1) is 11.8 Å². The third-order valence-corrected chi connectivity index (χ3v) is 6.27. The molecule has 0 radical (unpaired) electrons. The van der Waals surface area contributed by atoms with Gasteiger partial charge in [0.25, 0.3) is 6.20 Å². The number of hydrogen-bond acceptors (Lipinski definition) is 6. The summed E-state index contributed by atoms with van der Waals surface area (Å²) in [6.45, 7) is 0. The van der Waals surface area contributed by atoms with Crippen molar-refractivity contribution in [1.29, 1.82) is 0 Å². The molecule has 7 heteroatoms. The third kappa shape index (κ3) is 3.79. The fourth-order valence-electron chi connectivity index (χ4n) is 1.66. The highest BCUT2D eigenvalue weighted by Crippen LogP contribution is 2.50. The molecule has 2 rings (SSSR count). The molecule has 1 atom stereocenters. The van der Waals surface area contributed by atoms with Gasteiger partial charge in [-0.25, -0.2) is 0 Å². The van der Waals surface area contributed by atoms with Gasteiger partial charge < -0.3 is 0 Å². The molecule has 17 heavy (non-hydrogen) atoms. The van der Waals surface area contributed by atoms with Crippen molar-refractivity contribution in [2.24, 2.45) is 0 Å². The standard InChI is InChI=1S/C10H11NO3S3/c12-7-3-1-2-4-8(7)16-10-6-15-9(17-10)5-11(13)14/h5-6,8H,1-4H2/b9-5+. The molecule has 0 spiro atoms. The molecular weight excluding hydrogens is 278 g/mol. The van der Waals surface area contributed by atoms with Crippen molar-refractivity contribution < 1.29 is 9.72 Å². The molecule has 0 aromatic rings. The lowest BCUT2D eigenvalue weighted by Gasteiger charge is -2.19. The van der Waals surface area contributed by atoms with E-state index in [9.17, 15) is 14.9 Å². The van der Waals surface area contributed by atoms with Crippen LogP contribution in [0.1, 0.15) is 25.7 Å². The van der Waals surface area contributed by atoms with Crippen molar-refractivity contribution in [3.63, 3.8) is 0 Å². The van der Waals surface area contributed by atoms with E-state index >= 15 is 0 Å². The van der Waals surface area contributed by atoms with Crippen LogP contribution >= 0.6 is 35.3 Å². The van der Waals surface area contributed by atoms with Gasteiger partial charge in [0.2, 0.25) is 0 Å². The summed E-state index contributed by atoms with van der Waals surface area (Å²) in [4.78, 5) is 21.5. The van der Waals surface area contributed by atoms with Gasteiger partial charge in [-0.1, -0.05) is 29.9 Å². The zero-order valence-electron chi connectivity index (χ0n) is 8.96. The maximum Gasteiger partial charge on any atom is 0.255 e. The number of hydrogen-bond donors (Lipinski definition) is 0. The Kier molecular flexibility index (Phi) is 4.58. The second-order valence-electron chi connectivity index (χ2n) is 3.71. The van der Waals surface area contributed by atoms with E-state index in [0.717, 1.165) is 29.7 Å². The minimum absolute atomic E-state index is 0.0538. The second-order valence-corrected chi connectivity index (χ2v) is 7.47. The van der Waals surface area contributed by atoms with Crippen LogP contribution in [0.25, 0.3) is 0 Å². The predicted octanol–water partition coefficient (Wildman–Crippen LogP) is 3.59. The van der Waals surface area contributed by atoms with Gasteiger partial charge in [-0.3, -0.25) is 14.9 Å². The van der Waals surface area contributed by atoms with Crippen molar-refractivity contribution in [2.45, 2.75) is 30.9 Å². The van der Waals surface area contributed by atoms with Crippen LogP contribution in [0.15, 0.2) is 20.1 Å². The van der Waals surface area contributed by atoms with E-state index in [-0.39, 0.29) is 5.25 Å². The minimum Gasteiger partial charge on any atom is -0.298 e. The lowest BCUT2D eigenvalue weighted by Crippen LogP contribution is -2.21. The average molecular weight is 289 g/mol. The topological polar surface area (TPSA) is 60.2 Å². The molecule has 0 saturated heterocycles. The second kappa shape index (κ2) is 5.97. The molecule has 4 nitrogen and oxygen atoms in total. The van der Waals surface area contributed by atoms with Crippen LogP contribution in [0.4, 0.5) is 0 Å². The Morgan fingerprint density at radius 2 is 2.35 bits per heavy atom. The summed E-state index contributed by atoms with van der Waals surface area (Å²) in [7, 11) is 0. The first-order valence-corrected chi connectivity index (χ1v) is 7.82. The highest BCUT2D eigenvalue weighted by Gasteiger charge is 2.26. The van der Waals surface area contributed by atoms with Gasteiger partial charge in [-0.2, -0.15) is 0 Å². The zero-order chi connectivity index (χ0) is 12.3. The van der Waals surface area contributed by atoms with Crippen molar-refractivity contribution in [3.05, 3.63) is 30.2 Å². The van der Waals surface area contributed by atoms with E-state index in [0.29, 0.717) is 16.4 Å². The van der Waals surface area contributed by atoms with Gasteiger partial charge >= 0.3 is 0 Å². The quantitative estimate of drug-likeness (QED) is 0.584. The maximum atomic E-state index is 11.7. The fourth-order valence-corrected chi connectivity index (χ4v) is 5.45. The van der Waals surface area contributed by atoms with Gasteiger partial charge in [0.1, 0.15) is 10.0 Å². The van der Waals surface area contributed by atoms with Crippen LogP contribution in [-0.4, -0.2) is 16.0 Å². The van der Waals surface area contributed by atoms with Crippen LogP contribution in [0.5, 0.6) is 0 Å². The normalized spacial score (nSPS) is 27.3. The van der Waals surface area contributed by atoms with Gasteiger partial charge in [0.05, 0.1) is 14.4 Å². The molecular formula is C10H11NO3S3. The molecule has 0 bridgehead atoms. The van der Waals surface area contributed by atoms with Crippen molar-refractivity contribution in [3.8, 4) is 0 Å². The number of carbonyl (C=O) groups is 1. The molecule has 0 aromatic carbocycles. The largest absolute Gasteiger partial charge is 0.298 e. The van der Waals surface area contributed by atoms with Crippen molar-refractivity contribution in [2.75, 3.05) is 0 Å². The number of ketones is 1. The van der Waals surface area contributed by atoms with E-state index in [4.69, 9.17) is 0 Å². The smallest absolute Gasteiger partial charge is 0.255 e. The Bertz CT molecular complexity index is 406. The number of Topliss-reactive ketones (excluding diaryl/α,β-unsaturated/α-hetero) is 1. The molecule has 0 N–H and O–H groups in total. The number of thioether (sulfide) groups is 3. The highest BCUT2D eigenvalue weighted by atomic mass is 32.2. The lowest BCUT2D eigenvalue weighted by molar-refractivity contribution is -0.402. The van der Waals surface area contributed by atoms with Gasteiger partial charge in [-0.05, 0) is 18.2 Å². The number of nitrogens with zero attached hydrogens (tertiary/aromatic N) is 1. The molecule has 1 aliphatic carbocycles. The number of carbonyl (C=O) groups excluding carboxylic acids is 1. The zero-order valence-corrected chi connectivity index (χ0v) is 11.4. The molecule has 1 unspecified atom stereocenters. The lowest BCUT2D eigenvalue weighted by atomic mass is 9.99. The van der Waals surface area contributed by atoms with Crippen LogP contribution < -0.4 is 0 Å². The van der Waals surface area contributed by atoms with Crippen molar-refractivity contribution >= 4 is 41.1 Å². The summed E-state index contributed by atoms with van der Waals surface area (Å²) in [5, 5.41) is 12.3. The SMILES string of the molecule is O=C1CCCCC1SC1=CS/C(=C\[N+](=O)[O-])S1. The Labute approximate surface area is 112 Å². The van der Waals surface area contributed by atoms with E-state index in [2.05, 4.69) is 0 Å². The Morgan fingerprint density at radius 1 is 1.53 bits per heavy atom. The molecule has 1 heterocycles. The molecule has 1 fully saturated rings. The Hall–Kier alpha value is -0.400. The third-order valence-electron chi connectivity index (χ3n) is 2.44. The molecule has 1 aliphatic heterocycles. The first-order valence-electron chi connectivity index (χ1n) is 5.24. The number of rotatable bonds is 3. The molecule has 0 aromatic heterocycles. The Balaban J connectivity index is 1.89. The van der Waals surface area contributed by atoms with Crippen LogP contribution in [0.2, 0.25) is 0 Å². The van der Waals surface area contributed by atoms with E-state index in [1.54, 1.807) is 11.8 Å². The summed E-state index contributed by atoms with van der Waals surface area (Å²) in [5.74, 6) is 0.319. The summed E-state index contributed by atoms with van der Waals surface area (Å²) in [6.07, 6.45) is 4.73. The first-order chi connectivity index (χ1) is 8.15. The monoisotopic (exact) mass is 289 g/mol. The summed E-state index contributed by atoms with van der Waals surface area (Å²) >= 11 is 4.30. The highest BCUT2D eigenvalue weighted by molar-refractivity contribution is 8.35. The Morgan fingerprint density at radius 3 is 3.06 bits per heavy atom. The summed E-state index contributed by atoms with van der Waals surface area (Å²) in [6, 6.07) is 0. The fraction of sp³-hybridized carbons (Fsp3) is 0.500. The van der Waals surface area contributed by atoms with Crippen LogP contribution in [-0.2, 0) is 4.79 Å².